The van der Waals surface area contributed by atoms with Crippen LogP contribution in [0.1, 0.15) is 21.5 Å². The van der Waals surface area contributed by atoms with E-state index < -0.39 is 30.1 Å². The lowest BCUT2D eigenvalue weighted by Gasteiger charge is -2.11. The zero-order valence-electron chi connectivity index (χ0n) is 16.5. The van der Waals surface area contributed by atoms with Crippen LogP contribution in [-0.2, 0) is 11.3 Å². The quantitative estimate of drug-likeness (QED) is 0.489. The van der Waals surface area contributed by atoms with Crippen molar-refractivity contribution in [1.29, 1.82) is 0 Å². The number of aromatic nitrogens is 1. The van der Waals surface area contributed by atoms with E-state index in [1.807, 2.05) is 13.0 Å². The standard InChI is InChI=1S/C23H18F2N2O4/c1-12-7-18-22(19(8-12)31-11-20(28)29)21-15(23(26)30)3-2-4-17(21)27(18)10-13-5-6-14(24)9-16(13)25/h2-9H,10-11H2,1H3,(H2,26,30)(H,28,29). The number of benzene rings is 3. The van der Waals surface area contributed by atoms with Crippen LogP contribution in [0.4, 0.5) is 8.78 Å². The predicted octanol–water partition coefficient (Wildman–Crippen LogP) is 3.99. The van der Waals surface area contributed by atoms with Crippen molar-refractivity contribution in [2.24, 2.45) is 5.73 Å². The Kier molecular flexibility index (Phi) is 5.06. The number of rotatable bonds is 6. The van der Waals surface area contributed by atoms with Gasteiger partial charge in [0, 0.05) is 22.6 Å². The summed E-state index contributed by atoms with van der Waals surface area (Å²) in [6.45, 7) is 1.29. The molecule has 3 N–H and O–H groups in total. The number of aryl methyl sites for hydroxylation is 1. The molecule has 0 aliphatic rings. The Labute approximate surface area is 175 Å². The minimum absolute atomic E-state index is 0.0517. The average Bonchev–Trinajstić information content (AvgIpc) is 3.01. The van der Waals surface area contributed by atoms with E-state index in [4.69, 9.17) is 15.6 Å². The minimum atomic E-state index is -1.15. The molecule has 1 aromatic heterocycles. The van der Waals surface area contributed by atoms with Gasteiger partial charge in [0.25, 0.3) is 0 Å². The number of carboxylic acid groups (broad SMARTS) is 1. The molecule has 4 rings (SSSR count). The molecule has 31 heavy (non-hydrogen) atoms. The topological polar surface area (TPSA) is 94.6 Å². The van der Waals surface area contributed by atoms with Crippen LogP contribution in [0.5, 0.6) is 5.75 Å². The van der Waals surface area contributed by atoms with Crippen molar-refractivity contribution in [3.8, 4) is 5.75 Å². The summed E-state index contributed by atoms with van der Waals surface area (Å²) in [5.41, 5.74) is 8.03. The Balaban J connectivity index is 2.06. The molecule has 0 aliphatic heterocycles. The summed E-state index contributed by atoms with van der Waals surface area (Å²) in [6.07, 6.45) is 0. The fourth-order valence-corrected chi connectivity index (χ4v) is 3.81. The first-order chi connectivity index (χ1) is 14.8. The van der Waals surface area contributed by atoms with Crippen LogP contribution in [-0.4, -0.2) is 28.2 Å². The number of hydrogen-bond acceptors (Lipinski definition) is 3. The molecule has 0 spiro atoms. The maximum absolute atomic E-state index is 14.4. The van der Waals surface area contributed by atoms with Crippen LogP contribution in [0, 0.1) is 18.6 Å². The molecule has 0 unspecified atom stereocenters. The van der Waals surface area contributed by atoms with Crippen molar-refractivity contribution < 1.29 is 28.2 Å². The number of hydrogen-bond donors (Lipinski definition) is 2. The molecule has 0 saturated carbocycles. The first-order valence-electron chi connectivity index (χ1n) is 9.40. The van der Waals surface area contributed by atoms with Crippen molar-refractivity contribution in [3.63, 3.8) is 0 Å². The van der Waals surface area contributed by atoms with E-state index in [1.54, 1.807) is 28.8 Å². The number of amides is 1. The van der Waals surface area contributed by atoms with Gasteiger partial charge in [-0.3, -0.25) is 4.79 Å². The predicted molar refractivity (Wildman–Crippen MR) is 111 cm³/mol. The lowest BCUT2D eigenvalue weighted by Crippen LogP contribution is -2.11. The number of nitrogens with two attached hydrogens (primary N) is 1. The molecule has 0 saturated heterocycles. The maximum Gasteiger partial charge on any atom is 0.341 e. The van der Waals surface area contributed by atoms with Gasteiger partial charge < -0.3 is 20.1 Å². The highest BCUT2D eigenvalue weighted by molar-refractivity contribution is 6.19. The molecule has 4 aromatic rings. The summed E-state index contributed by atoms with van der Waals surface area (Å²) in [4.78, 5) is 23.2. The first-order valence-corrected chi connectivity index (χ1v) is 9.40. The van der Waals surface area contributed by atoms with Crippen LogP contribution in [0.3, 0.4) is 0 Å². The van der Waals surface area contributed by atoms with Crippen molar-refractivity contribution >= 4 is 33.7 Å². The highest BCUT2D eigenvalue weighted by Gasteiger charge is 2.21. The molecule has 1 amide bonds. The van der Waals surface area contributed by atoms with E-state index in [1.165, 1.54) is 12.1 Å². The van der Waals surface area contributed by atoms with Crippen molar-refractivity contribution in [3.05, 3.63) is 76.9 Å². The molecule has 1 heterocycles. The van der Waals surface area contributed by atoms with Crippen molar-refractivity contribution in [1.82, 2.24) is 4.57 Å². The molecule has 0 radical (unpaired) electrons. The van der Waals surface area contributed by atoms with Crippen LogP contribution in [0.2, 0.25) is 0 Å². The molecule has 0 atom stereocenters. The van der Waals surface area contributed by atoms with Gasteiger partial charge in [0.05, 0.1) is 23.0 Å². The highest BCUT2D eigenvalue weighted by Crippen LogP contribution is 2.39. The normalized spacial score (nSPS) is 11.2. The van der Waals surface area contributed by atoms with Gasteiger partial charge in [-0.1, -0.05) is 12.1 Å². The zero-order chi connectivity index (χ0) is 22.3. The van der Waals surface area contributed by atoms with Crippen LogP contribution in [0.25, 0.3) is 21.8 Å². The fraction of sp³-hybridized carbons (Fsp3) is 0.130. The summed E-state index contributed by atoms with van der Waals surface area (Å²) in [5, 5.41) is 10.0. The molecule has 0 aliphatic carbocycles. The SMILES string of the molecule is Cc1cc(OCC(=O)O)c2c3c(C(N)=O)cccc3n(Cc3ccc(F)cc3F)c2c1. The van der Waals surface area contributed by atoms with E-state index in [0.717, 1.165) is 11.6 Å². The molecule has 8 heteroatoms. The number of aliphatic carboxylic acids is 1. The molecular weight excluding hydrogens is 406 g/mol. The number of primary amides is 1. The number of carbonyl (C=O) groups is 2. The first kappa shape index (κ1) is 20.3. The van der Waals surface area contributed by atoms with E-state index in [0.29, 0.717) is 21.8 Å². The minimum Gasteiger partial charge on any atom is -0.481 e. The molecule has 0 fully saturated rings. The summed E-state index contributed by atoms with van der Waals surface area (Å²) >= 11 is 0. The molecule has 158 valence electrons. The Hall–Kier alpha value is -3.94. The number of halogens is 2. The second-order valence-electron chi connectivity index (χ2n) is 7.23. The summed E-state index contributed by atoms with van der Waals surface area (Å²) in [7, 11) is 0. The van der Waals surface area contributed by atoms with Gasteiger partial charge in [-0.25, -0.2) is 13.6 Å². The van der Waals surface area contributed by atoms with Crippen molar-refractivity contribution in [2.45, 2.75) is 13.5 Å². The van der Waals surface area contributed by atoms with Gasteiger partial charge in [-0.05, 0) is 42.8 Å². The number of fused-ring (bicyclic) bond motifs is 3. The maximum atomic E-state index is 14.4. The Morgan fingerprint density at radius 3 is 2.52 bits per heavy atom. The van der Waals surface area contributed by atoms with E-state index in [2.05, 4.69) is 0 Å². The second-order valence-corrected chi connectivity index (χ2v) is 7.23. The van der Waals surface area contributed by atoms with Crippen molar-refractivity contribution in [2.75, 3.05) is 6.61 Å². The van der Waals surface area contributed by atoms with Gasteiger partial charge in [0.2, 0.25) is 5.91 Å². The number of ether oxygens (including phenoxy) is 1. The van der Waals surface area contributed by atoms with Gasteiger partial charge in [0.1, 0.15) is 17.4 Å². The van der Waals surface area contributed by atoms with E-state index >= 15 is 0 Å². The fourth-order valence-electron chi connectivity index (χ4n) is 3.81. The summed E-state index contributed by atoms with van der Waals surface area (Å²) in [5.74, 6) is -2.92. The van der Waals surface area contributed by atoms with Crippen LogP contribution < -0.4 is 10.5 Å². The van der Waals surface area contributed by atoms with E-state index in [9.17, 15) is 18.4 Å². The molecule has 3 aromatic carbocycles. The molecule has 6 nitrogen and oxygen atoms in total. The number of nitrogens with zero attached hydrogens (tertiary/aromatic N) is 1. The monoisotopic (exact) mass is 424 g/mol. The number of carbonyl (C=O) groups excluding carboxylic acids is 1. The van der Waals surface area contributed by atoms with Gasteiger partial charge in [-0.2, -0.15) is 0 Å². The number of carboxylic acids is 1. The highest BCUT2D eigenvalue weighted by atomic mass is 19.1. The summed E-state index contributed by atoms with van der Waals surface area (Å²) in [6, 6.07) is 11.8. The third-order valence-electron chi connectivity index (χ3n) is 5.06. The van der Waals surface area contributed by atoms with Crippen LogP contribution in [0.15, 0.2) is 48.5 Å². The molecular formula is C23H18F2N2O4. The second kappa shape index (κ2) is 7.71. The smallest absolute Gasteiger partial charge is 0.341 e. The third kappa shape index (κ3) is 3.68. The lowest BCUT2D eigenvalue weighted by molar-refractivity contribution is -0.139. The third-order valence-corrected chi connectivity index (χ3v) is 5.06. The average molecular weight is 424 g/mol. The zero-order valence-corrected chi connectivity index (χ0v) is 16.5. The summed E-state index contributed by atoms with van der Waals surface area (Å²) < 4.78 is 35.1. The Morgan fingerprint density at radius 2 is 1.84 bits per heavy atom. The Bertz CT molecular complexity index is 1360. The largest absolute Gasteiger partial charge is 0.481 e. The lowest BCUT2D eigenvalue weighted by atomic mass is 10.0. The molecule has 0 bridgehead atoms. The van der Waals surface area contributed by atoms with Gasteiger partial charge in [-0.15, -0.1) is 0 Å². The van der Waals surface area contributed by atoms with Gasteiger partial charge in [0.15, 0.2) is 6.61 Å². The van der Waals surface area contributed by atoms with Gasteiger partial charge >= 0.3 is 5.97 Å². The Morgan fingerprint density at radius 1 is 1.06 bits per heavy atom. The van der Waals surface area contributed by atoms with E-state index in [-0.39, 0.29) is 23.4 Å². The van der Waals surface area contributed by atoms with Crippen LogP contribution >= 0.6 is 0 Å².